The van der Waals surface area contributed by atoms with E-state index in [4.69, 9.17) is 0 Å². The van der Waals surface area contributed by atoms with E-state index in [2.05, 4.69) is 15.3 Å². The first-order valence-electron chi connectivity index (χ1n) is 13.3. The minimum absolute atomic E-state index is 0.0922. The Morgan fingerprint density at radius 3 is 2.21 bits per heavy atom. The number of hydrogen-bond donors (Lipinski definition) is 2. The standard InChI is InChI=1S/C30H34N6O3/c1-3-27(28(37)23-11-9-22(2)10-12-23)36-30(39)35(21-31-36)26-15-13-25(14-16-26)33-17-19-34(20-18-33)29(38)32-24-7-5-4-6-8-24/h4-16,21,27-28,37H,3,17-20H2,1-2H3,(H,32,38). The van der Waals surface area contributed by atoms with E-state index in [1.165, 1.54) is 15.6 Å². The number of urea groups is 1. The molecule has 202 valence electrons. The Kier molecular flexibility index (Phi) is 7.79. The van der Waals surface area contributed by atoms with Gasteiger partial charge in [-0.1, -0.05) is 55.0 Å². The predicted molar refractivity (Wildman–Crippen MR) is 153 cm³/mol. The highest BCUT2D eigenvalue weighted by molar-refractivity contribution is 5.89. The van der Waals surface area contributed by atoms with Gasteiger partial charge in [-0.2, -0.15) is 5.10 Å². The van der Waals surface area contributed by atoms with Crippen LogP contribution in [0.4, 0.5) is 16.2 Å². The van der Waals surface area contributed by atoms with Crippen LogP contribution >= 0.6 is 0 Å². The topological polar surface area (TPSA) is 95.6 Å². The molecule has 1 aromatic heterocycles. The van der Waals surface area contributed by atoms with Gasteiger partial charge in [0.1, 0.15) is 12.4 Å². The molecule has 3 aromatic carbocycles. The first-order valence-corrected chi connectivity index (χ1v) is 13.3. The van der Waals surface area contributed by atoms with Gasteiger partial charge in [-0.05, 0) is 55.3 Å². The molecular formula is C30H34N6O3. The highest BCUT2D eigenvalue weighted by Crippen LogP contribution is 2.28. The second-order valence-electron chi connectivity index (χ2n) is 9.85. The van der Waals surface area contributed by atoms with Gasteiger partial charge in [-0.25, -0.2) is 18.8 Å². The molecule has 0 spiro atoms. The minimum atomic E-state index is -0.840. The third kappa shape index (κ3) is 5.73. The molecule has 2 amide bonds. The summed E-state index contributed by atoms with van der Waals surface area (Å²) >= 11 is 0. The average Bonchev–Trinajstić information content (AvgIpc) is 3.35. The SMILES string of the molecule is CCC(C(O)c1ccc(C)cc1)n1ncn(-c2ccc(N3CCN(C(=O)Nc4ccccc4)CC3)cc2)c1=O. The van der Waals surface area contributed by atoms with E-state index in [1.807, 2.05) is 97.6 Å². The number of carbonyl (C=O) groups is 1. The number of aliphatic hydroxyl groups excluding tert-OH is 1. The van der Waals surface area contributed by atoms with E-state index in [1.54, 1.807) is 0 Å². The number of aryl methyl sites for hydroxylation is 1. The van der Waals surface area contributed by atoms with Crippen molar-refractivity contribution in [2.75, 3.05) is 36.4 Å². The second-order valence-corrected chi connectivity index (χ2v) is 9.85. The molecule has 0 radical (unpaired) electrons. The van der Waals surface area contributed by atoms with Gasteiger partial charge in [-0.3, -0.25) is 0 Å². The zero-order chi connectivity index (χ0) is 27.4. The number of rotatable bonds is 7. The smallest absolute Gasteiger partial charge is 0.350 e. The van der Waals surface area contributed by atoms with Crippen molar-refractivity contribution in [1.29, 1.82) is 0 Å². The number of para-hydroxylation sites is 1. The fourth-order valence-electron chi connectivity index (χ4n) is 4.95. The molecule has 0 saturated carbocycles. The number of carbonyl (C=O) groups excluding carboxylic acids is 1. The minimum Gasteiger partial charge on any atom is -0.386 e. The predicted octanol–water partition coefficient (Wildman–Crippen LogP) is 4.38. The number of hydrogen-bond acceptors (Lipinski definition) is 5. The molecule has 0 bridgehead atoms. The van der Waals surface area contributed by atoms with E-state index in [0.29, 0.717) is 38.3 Å². The molecule has 2 N–H and O–H groups in total. The molecule has 0 aliphatic carbocycles. The zero-order valence-electron chi connectivity index (χ0n) is 22.3. The third-order valence-corrected chi connectivity index (χ3v) is 7.29. The second kappa shape index (κ2) is 11.6. The molecule has 5 rings (SSSR count). The van der Waals surface area contributed by atoms with E-state index in [9.17, 15) is 14.7 Å². The van der Waals surface area contributed by atoms with Gasteiger partial charge in [0.05, 0.1) is 11.7 Å². The summed E-state index contributed by atoms with van der Waals surface area (Å²) in [5, 5.41) is 18.3. The maximum Gasteiger partial charge on any atom is 0.350 e. The number of benzene rings is 3. The van der Waals surface area contributed by atoms with E-state index >= 15 is 0 Å². The fraction of sp³-hybridized carbons (Fsp3) is 0.300. The van der Waals surface area contributed by atoms with E-state index < -0.39 is 12.1 Å². The lowest BCUT2D eigenvalue weighted by Crippen LogP contribution is -2.50. The Morgan fingerprint density at radius 2 is 1.56 bits per heavy atom. The van der Waals surface area contributed by atoms with Crippen LogP contribution in [-0.4, -0.2) is 56.6 Å². The lowest BCUT2D eigenvalue weighted by molar-refractivity contribution is 0.101. The van der Waals surface area contributed by atoms with E-state index in [-0.39, 0.29) is 11.7 Å². The van der Waals surface area contributed by atoms with Crippen LogP contribution in [0.15, 0.2) is 90.0 Å². The highest BCUT2D eigenvalue weighted by atomic mass is 16.3. The number of aliphatic hydroxyl groups is 1. The lowest BCUT2D eigenvalue weighted by atomic mass is 9.99. The highest BCUT2D eigenvalue weighted by Gasteiger charge is 2.25. The largest absolute Gasteiger partial charge is 0.386 e. The molecule has 2 heterocycles. The summed E-state index contributed by atoms with van der Waals surface area (Å²) in [6, 6.07) is 24.3. The molecule has 1 aliphatic heterocycles. The van der Waals surface area contributed by atoms with Crippen molar-refractivity contribution >= 4 is 17.4 Å². The van der Waals surface area contributed by atoms with Crippen LogP contribution in [0.2, 0.25) is 0 Å². The first kappa shape index (κ1) is 26.2. The quantitative estimate of drug-likeness (QED) is 0.373. The van der Waals surface area contributed by atoms with Gasteiger partial charge in [0.25, 0.3) is 0 Å². The van der Waals surface area contributed by atoms with Crippen molar-refractivity contribution < 1.29 is 9.90 Å². The van der Waals surface area contributed by atoms with Crippen LogP contribution in [-0.2, 0) is 0 Å². The van der Waals surface area contributed by atoms with Crippen LogP contribution < -0.4 is 15.9 Å². The monoisotopic (exact) mass is 526 g/mol. The number of aromatic nitrogens is 3. The average molecular weight is 527 g/mol. The summed E-state index contributed by atoms with van der Waals surface area (Å²) in [6.45, 7) is 6.61. The summed E-state index contributed by atoms with van der Waals surface area (Å²) in [7, 11) is 0. The van der Waals surface area contributed by atoms with Crippen molar-refractivity contribution in [3.05, 3.63) is 107 Å². The maximum absolute atomic E-state index is 13.3. The summed E-state index contributed by atoms with van der Waals surface area (Å²) in [4.78, 5) is 29.9. The fourth-order valence-corrected chi connectivity index (χ4v) is 4.95. The molecule has 9 heteroatoms. The summed E-state index contributed by atoms with van der Waals surface area (Å²) < 4.78 is 2.87. The summed E-state index contributed by atoms with van der Waals surface area (Å²) in [5.41, 5.74) is 4.10. The molecular weight excluding hydrogens is 492 g/mol. The van der Waals surface area contributed by atoms with Crippen LogP contribution in [0, 0.1) is 6.92 Å². The Morgan fingerprint density at radius 1 is 0.923 bits per heavy atom. The summed E-state index contributed by atoms with van der Waals surface area (Å²) in [5.74, 6) is 0. The molecule has 4 aromatic rings. The number of amides is 2. The van der Waals surface area contributed by atoms with Crippen molar-refractivity contribution in [3.8, 4) is 5.69 Å². The van der Waals surface area contributed by atoms with Gasteiger partial charge in [0.2, 0.25) is 0 Å². The molecule has 2 unspecified atom stereocenters. The van der Waals surface area contributed by atoms with Crippen LogP contribution in [0.1, 0.15) is 36.6 Å². The van der Waals surface area contributed by atoms with Crippen molar-refractivity contribution in [1.82, 2.24) is 19.2 Å². The molecule has 1 saturated heterocycles. The number of anilines is 2. The Labute approximate surface area is 227 Å². The molecule has 1 fully saturated rings. The van der Waals surface area contributed by atoms with Crippen molar-refractivity contribution in [2.24, 2.45) is 0 Å². The van der Waals surface area contributed by atoms with Gasteiger partial charge < -0.3 is 20.2 Å². The Bertz CT molecular complexity index is 1440. The number of nitrogens with one attached hydrogen (secondary N) is 1. The number of nitrogens with zero attached hydrogens (tertiary/aromatic N) is 5. The van der Waals surface area contributed by atoms with Gasteiger partial charge in [0.15, 0.2) is 0 Å². The van der Waals surface area contributed by atoms with Crippen molar-refractivity contribution in [2.45, 2.75) is 32.4 Å². The first-order chi connectivity index (χ1) is 18.9. The van der Waals surface area contributed by atoms with Gasteiger partial charge in [0, 0.05) is 37.6 Å². The van der Waals surface area contributed by atoms with Gasteiger partial charge in [-0.15, -0.1) is 0 Å². The Hall–Kier alpha value is -4.37. The zero-order valence-corrected chi connectivity index (χ0v) is 22.3. The van der Waals surface area contributed by atoms with Crippen LogP contribution in [0.5, 0.6) is 0 Å². The maximum atomic E-state index is 13.3. The van der Waals surface area contributed by atoms with Crippen molar-refractivity contribution in [3.63, 3.8) is 0 Å². The third-order valence-electron chi connectivity index (χ3n) is 7.29. The van der Waals surface area contributed by atoms with Gasteiger partial charge >= 0.3 is 11.7 Å². The number of piperazine rings is 1. The van der Waals surface area contributed by atoms with E-state index in [0.717, 1.165) is 22.5 Å². The summed E-state index contributed by atoms with van der Waals surface area (Å²) in [6.07, 6.45) is 1.22. The lowest BCUT2D eigenvalue weighted by Gasteiger charge is -2.36. The normalized spacial score (nSPS) is 15.2. The Balaban J connectivity index is 1.23. The molecule has 1 aliphatic rings. The molecule has 39 heavy (non-hydrogen) atoms. The molecule has 2 atom stereocenters. The van der Waals surface area contributed by atoms with Crippen LogP contribution in [0.3, 0.4) is 0 Å². The van der Waals surface area contributed by atoms with Crippen LogP contribution in [0.25, 0.3) is 5.69 Å². The molecule has 9 nitrogen and oxygen atoms in total.